The Labute approximate surface area is 178 Å². The molecule has 2 aromatic rings. The van der Waals surface area contributed by atoms with Gasteiger partial charge in [0.25, 0.3) is 0 Å². The van der Waals surface area contributed by atoms with Crippen molar-refractivity contribution in [2.45, 2.75) is 43.5 Å². The Balaban J connectivity index is 1.37. The van der Waals surface area contributed by atoms with Crippen LogP contribution in [0.4, 0.5) is 4.39 Å². The van der Waals surface area contributed by atoms with E-state index in [4.69, 9.17) is 4.74 Å². The summed E-state index contributed by atoms with van der Waals surface area (Å²) in [5.74, 6) is 0.228. The summed E-state index contributed by atoms with van der Waals surface area (Å²) in [6.45, 7) is 4.76. The number of sulfonamides is 1. The smallest absolute Gasteiger partial charge is 0.243 e. The fourth-order valence-electron chi connectivity index (χ4n) is 4.24. The molecule has 0 aliphatic carbocycles. The number of rotatable bonds is 7. The molecule has 0 atom stereocenters. The van der Waals surface area contributed by atoms with Crippen LogP contribution in [0.3, 0.4) is 0 Å². The first-order chi connectivity index (χ1) is 14.5. The molecule has 1 fully saturated rings. The quantitative estimate of drug-likeness (QED) is 0.624. The summed E-state index contributed by atoms with van der Waals surface area (Å²) in [7, 11) is -3.73. The predicted molar refractivity (Wildman–Crippen MR) is 115 cm³/mol. The van der Waals surface area contributed by atoms with Gasteiger partial charge >= 0.3 is 0 Å². The molecule has 30 heavy (non-hydrogen) atoms. The van der Waals surface area contributed by atoms with Gasteiger partial charge in [0.15, 0.2) is 0 Å². The Morgan fingerprint density at radius 3 is 2.60 bits per heavy atom. The van der Waals surface area contributed by atoms with E-state index < -0.39 is 15.8 Å². The molecule has 0 spiro atoms. The number of nitrogens with zero attached hydrogens (tertiary/aromatic N) is 2. The van der Waals surface area contributed by atoms with Crippen molar-refractivity contribution in [1.82, 2.24) is 9.21 Å². The van der Waals surface area contributed by atoms with Crippen LogP contribution in [0.5, 0.6) is 5.75 Å². The maximum absolute atomic E-state index is 13.5. The summed E-state index contributed by atoms with van der Waals surface area (Å²) >= 11 is 0. The average molecular weight is 433 g/mol. The van der Waals surface area contributed by atoms with Crippen molar-refractivity contribution in [3.05, 3.63) is 59.4 Å². The largest absolute Gasteiger partial charge is 0.494 e. The lowest BCUT2D eigenvalue weighted by molar-refractivity contribution is 0.205. The summed E-state index contributed by atoms with van der Waals surface area (Å²) in [6.07, 6.45) is 5.55. The van der Waals surface area contributed by atoms with Crippen LogP contribution in [-0.2, 0) is 23.0 Å². The lowest BCUT2D eigenvalue weighted by Gasteiger charge is -2.28. The summed E-state index contributed by atoms with van der Waals surface area (Å²) in [4.78, 5) is 2.49. The van der Waals surface area contributed by atoms with Crippen molar-refractivity contribution >= 4 is 10.0 Å². The van der Waals surface area contributed by atoms with Gasteiger partial charge in [-0.15, -0.1) is 0 Å². The average Bonchev–Trinajstić information content (AvgIpc) is 2.77. The molecule has 2 aromatic carbocycles. The SMILES string of the molecule is O=S(=O)(c1cccc(F)c1)N1CCc2ccc(OCCCN3CCCCC3)cc2C1. The van der Waals surface area contributed by atoms with Crippen LogP contribution in [0.15, 0.2) is 47.4 Å². The van der Waals surface area contributed by atoms with Gasteiger partial charge in [-0.1, -0.05) is 18.6 Å². The number of ether oxygens (including phenoxy) is 1. The summed E-state index contributed by atoms with van der Waals surface area (Å²) in [5, 5.41) is 0. The van der Waals surface area contributed by atoms with Crippen LogP contribution in [-0.4, -0.2) is 50.4 Å². The van der Waals surface area contributed by atoms with Crippen LogP contribution >= 0.6 is 0 Å². The highest BCUT2D eigenvalue weighted by atomic mass is 32.2. The fraction of sp³-hybridized carbons (Fsp3) is 0.478. The standard InChI is InChI=1S/C23H29FN2O3S/c24-21-6-4-7-23(17-21)30(27,28)26-14-10-19-8-9-22(16-20(19)18-26)29-15-5-13-25-11-2-1-3-12-25/h4,6-9,16-17H,1-3,5,10-15,18H2. The predicted octanol–water partition coefficient (Wildman–Crippen LogP) is 3.83. The highest BCUT2D eigenvalue weighted by Gasteiger charge is 2.28. The molecule has 4 rings (SSSR count). The van der Waals surface area contributed by atoms with E-state index >= 15 is 0 Å². The zero-order chi connectivity index (χ0) is 21.0. The van der Waals surface area contributed by atoms with E-state index in [1.165, 1.54) is 54.9 Å². The molecule has 0 N–H and O–H groups in total. The van der Waals surface area contributed by atoms with Gasteiger partial charge in [0.05, 0.1) is 11.5 Å². The van der Waals surface area contributed by atoms with Gasteiger partial charge in [0.1, 0.15) is 11.6 Å². The van der Waals surface area contributed by atoms with Gasteiger partial charge < -0.3 is 9.64 Å². The van der Waals surface area contributed by atoms with Crippen molar-refractivity contribution in [3.8, 4) is 5.75 Å². The van der Waals surface area contributed by atoms with Crippen LogP contribution in [0.2, 0.25) is 0 Å². The van der Waals surface area contributed by atoms with Gasteiger partial charge in [0, 0.05) is 19.6 Å². The molecule has 0 saturated carbocycles. The van der Waals surface area contributed by atoms with Crippen molar-refractivity contribution in [3.63, 3.8) is 0 Å². The normalized spacial score (nSPS) is 18.2. The van der Waals surface area contributed by atoms with E-state index in [1.54, 1.807) is 0 Å². The molecule has 0 radical (unpaired) electrons. The molecule has 0 amide bonds. The minimum Gasteiger partial charge on any atom is -0.494 e. The van der Waals surface area contributed by atoms with E-state index in [-0.39, 0.29) is 11.4 Å². The molecular formula is C23H29FN2O3S. The van der Waals surface area contributed by atoms with E-state index in [9.17, 15) is 12.8 Å². The fourth-order valence-corrected chi connectivity index (χ4v) is 5.69. The summed E-state index contributed by atoms with van der Waals surface area (Å²) in [5.41, 5.74) is 2.09. The molecule has 2 aliphatic rings. The Hall–Kier alpha value is -1.96. The van der Waals surface area contributed by atoms with Crippen molar-refractivity contribution < 1.29 is 17.5 Å². The van der Waals surface area contributed by atoms with Crippen molar-refractivity contribution in [2.24, 2.45) is 0 Å². The summed E-state index contributed by atoms with van der Waals surface area (Å²) in [6, 6.07) is 11.1. The topological polar surface area (TPSA) is 49.9 Å². The van der Waals surface area contributed by atoms with Crippen LogP contribution in [0.25, 0.3) is 0 Å². The Bertz CT molecular complexity index is 974. The summed E-state index contributed by atoms with van der Waals surface area (Å²) < 4.78 is 46.7. The van der Waals surface area contributed by atoms with E-state index in [1.807, 2.05) is 18.2 Å². The Morgan fingerprint density at radius 2 is 1.80 bits per heavy atom. The monoisotopic (exact) mass is 432 g/mol. The second kappa shape index (κ2) is 9.45. The first-order valence-corrected chi connectivity index (χ1v) is 12.2. The molecular weight excluding hydrogens is 403 g/mol. The second-order valence-corrected chi connectivity index (χ2v) is 10.0. The number of piperidine rings is 1. The molecule has 0 bridgehead atoms. The minimum absolute atomic E-state index is 0.00364. The van der Waals surface area contributed by atoms with Crippen LogP contribution < -0.4 is 4.74 Å². The van der Waals surface area contributed by atoms with Crippen molar-refractivity contribution in [2.75, 3.05) is 32.8 Å². The third-order valence-electron chi connectivity index (χ3n) is 5.92. The highest BCUT2D eigenvalue weighted by Crippen LogP contribution is 2.28. The van der Waals surface area contributed by atoms with Crippen LogP contribution in [0, 0.1) is 5.82 Å². The number of hydrogen-bond donors (Lipinski definition) is 0. The van der Waals surface area contributed by atoms with Gasteiger partial charge in [-0.3, -0.25) is 0 Å². The van der Waals surface area contributed by atoms with Crippen LogP contribution in [0.1, 0.15) is 36.8 Å². The first kappa shape index (κ1) is 21.3. The van der Waals surface area contributed by atoms with E-state index in [2.05, 4.69) is 4.90 Å². The van der Waals surface area contributed by atoms with Gasteiger partial charge in [-0.05, 0) is 80.2 Å². The van der Waals surface area contributed by atoms with E-state index in [0.29, 0.717) is 19.6 Å². The molecule has 1 saturated heterocycles. The lowest BCUT2D eigenvalue weighted by atomic mass is 10.0. The third-order valence-corrected chi connectivity index (χ3v) is 7.77. The molecule has 0 unspecified atom stereocenters. The second-order valence-electron chi connectivity index (χ2n) is 8.08. The molecule has 7 heteroatoms. The number of fused-ring (bicyclic) bond motifs is 1. The maximum Gasteiger partial charge on any atom is 0.243 e. The first-order valence-electron chi connectivity index (χ1n) is 10.7. The number of likely N-dealkylation sites (tertiary alicyclic amines) is 1. The van der Waals surface area contributed by atoms with Gasteiger partial charge in [-0.25, -0.2) is 12.8 Å². The molecule has 5 nitrogen and oxygen atoms in total. The molecule has 2 aliphatic heterocycles. The maximum atomic E-state index is 13.5. The van der Waals surface area contributed by atoms with Gasteiger partial charge in [-0.2, -0.15) is 4.31 Å². The highest BCUT2D eigenvalue weighted by molar-refractivity contribution is 7.89. The van der Waals surface area contributed by atoms with Crippen molar-refractivity contribution in [1.29, 1.82) is 0 Å². The number of hydrogen-bond acceptors (Lipinski definition) is 4. The third kappa shape index (κ3) is 5.02. The zero-order valence-corrected chi connectivity index (χ0v) is 18.0. The Kier molecular flexibility index (Phi) is 6.71. The Morgan fingerprint density at radius 1 is 0.967 bits per heavy atom. The lowest BCUT2D eigenvalue weighted by Crippen LogP contribution is -2.36. The zero-order valence-electron chi connectivity index (χ0n) is 17.2. The van der Waals surface area contributed by atoms with E-state index in [0.717, 1.165) is 35.9 Å². The number of halogens is 1. The molecule has 162 valence electrons. The molecule has 0 aromatic heterocycles. The minimum atomic E-state index is -3.73. The van der Waals surface area contributed by atoms with Gasteiger partial charge in [0.2, 0.25) is 10.0 Å². The molecule has 2 heterocycles. The number of benzene rings is 2.